The van der Waals surface area contributed by atoms with Gasteiger partial charge in [-0.15, -0.1) is 0 Å². The zero-order valence-corrected chi connectivity index (χ0v) is 13.2. The van der Waals surface area contributed by atoms with Crippen molar-refractivity contribution in [2.24, 2.45) is 18.7 Å². The Balaban J connectivity index is 2.25. The molecule has 1 aliphatic rings. The highest BCUT2D eigenvalue weighted by molar-refractivity contribution is 7.89. The number of rotatable bonds is 5. The molecule has 1 fully saturated rings. The lowest BCUT2D eigenvalue weighted by Crippen LogP contribution is -2.42. The number of hydrogen-bond acceptors (Lipinski definition) is 4. The third-order valence-corrected chi connectivity index (χ3v) is 5.68. The Hall–Kier alpha value is -1.38. The molecule has 0 radical (unpaired) electrons. The molecule has 1 amide bonds. The number of aryl methyl sites for hydroxylation is 1. The van der Waals surface area contributed by atoms with E-state index in [9.17, 15) is 13.2 Å². The van der Waals surface area contributed by atoms with Crippen LogP contribution in [0.2, 0.25) is 0 Å². The standard InChI is InChI=1S/C13H22N4O3S/c1-15-7-10-4-3-5-17(8-10)21(19,20)11-6-12(13(14)18)16(2)9-11/h6,9-10,15H,3-5,7-8H2,1-2H3,(H2,14,18). The van der Waals surface area contributed by atoms with Gasteiger partial charge in [-0.25, -0.2) is 8.42 Å². The van der Waals surface area contributed by atoms with Crippen LogP contribution in [0.25, 0.3) is 0 Å². The Kier molecular flexibility index (Phi) is 4.70. The second-order valence-electron chi connectivity index (χ2n) is 5.47. The molecule has 2 rings (SSSR count). The van der Waals surface area contributed by atoms with Crippen LogP contribution in [0.15, 0.2) is 17.2 Å². The lowest BCUT2D eigenvalue weighted by atomic mass is 10.00. The molecule has 1 aromatic heterocycles. The van der Waals surface area contributed by atoms with Gasteiger partial charge in [0.25, 0.3) is 5.91 Å². The number of nitrogens with one attached hydrogen (secondary N) is 1. The Morgan fingerprint density at radius 3 is 2.81 bits per heavy atom. The number of sulfonamides is 1. The Labute approximate surface area is 125 Å². The summed E-state index contributed by atoms with van der Waals surface area (Å²) in [5.74, 6) is -0.316. The predicted octanol–water partition coefficient (Wildman–Crippen LogP) is -0.256. The van der Waals surface area contributed by atoms with Gasteiger partial charge in [-0.05, 0) is 38.4 Å². The van der Waals surface area contributed by atoms with E-state index in [0.29, 0.717) is 19.0 Å². The number of nitrogens with zero attached hydrogens (tertiary/aromatic N) is 2. The molecule has 1 atom stereocenters. The molecular formula is C13H22N4O3S. The summed E-state index contributed by atoms with van der Waals surface area (Å²) in [6.45, 7) is 1.82. The highest BCUT2D eigenvalue weighted by Gasteiger charge is 2.31. The van der Waals surface area contributed by atoms with E-state index in [0.717, 1.165) is 19.4 Å². The van der Waals surface area contributed by atoms with E-state index in [-0.39, 0.29) is 10.6 Å². The number of primary amides is 1. The first-order valence-corrected chi connectivity index (χ1v) is 8.41. The Morgan fingerprint density at radius 2 is 2.24 bits per heavy atom. The van der Waals surface area contributed by atoms with Crippen molar-refractivity contribution in [1.82, 2.24) is 14.2 Å². The Morgan fingerprint density at radius 1 is 1.52 bits per heavy atom. The van der Waals surface area contributed by atoms with E-state index in [2.05, 4.69) is 5.32 Å². The molecule has 0 bridgehead atoms. The minimum Gasteiger partial charge on any atom is -0.364 e. The molecule has 1 aromatic rings. The molecule has 0 aromatic carbocycles. The van der Waals surface area contributed by atoms with Gasteiger partial charge in [-0.3, -0.25) is 4.79 Å². The zero-order chi connectivity index (χ0) is 15.6. The van der Waals surface area contributed by atoms with Crippen molar-refractivity contribution in [3.8, 4) is 0 Å². The van der Waals surface area contributed by atoms with E-state index in [1.807, 2.05) is 7.05 Å². The van der Waals surface area contributed by atoms with Gasteiger partial charge >= 0.3 is 0 Å². The second-order valence-corrected chi connectivity index (χ2v) is 7.40. The van der Waals surface area contributed by atoms with Crippen LogP contribution in [-0.2, 0) is 17.1 Å². The van der Waals surface area contributed by atoms with Gasteiger partial charge in [0.1, 0.15) is 10.6 Å². The van der Waals surface area contributed by atoms with Crippen LogP contribution in [-0.4, -0.2) is 49.9 Å². The largest absolute Gasteiger partial charge is 0.364 e. The number of piperidine rings is 1. The average Bonchev–Trinajstić information content (AvgIpc) is 2.82. The van der Waals surface area contributed by atoms with Crippen molar-refractivity contribution in [2.75, 3.05) is 26.7 Å². The lowest BCUT2D eigenvalue weighted by Gasteiger charge is -2.31. The van der Waals surface area contributed by atoms with Crippen molar-refractivity contribution in [2.45, 2.75) is 17.7 Å². The quantitative estimate of drug-likeness (QED) is 0.783. The summed E-state index contributed by atoms with van der Waals surface area (Å²) in [6.07, 6.45) is 3.31. The van der Waals surface area contributed by atoms with Crippen molar-refractivity contribution in [3.05, 3.63) is 18.0 Å². The van der Waals surface area contributed by atoms with E-state index in [4.69, 9.17) is 5.73 Å². The maximum atomic E-state index is 12.7. The fourth-order valence-corrected chi connectivity index (χ4v) is 4.40. The normalized spacial score (nSPS) is 20.6. The van der Waals surface area contributed by atoms with E-state index in [1.165, 1.54) is 21.1 Å². The van der Waals surface area contributed by atoms with Gasteiger partial charge < -0.3 is 15.6 Å². The zero-order valence-electron chi connectivity index (χ0n) is 12.4. The van der Waals surface area contributed by atoms with Gasteiger partial charge in [0.15, 0.2) is 0 Å². The van der Waals surface area contributed by atoms with Crippen molar-refractivity contribution >= 4 is 15.9 Å². The number of nitrogens with two attached hydrogens (primary N) is 1. The van der Waals surface area contributed by atoms with Crippen molar-refractivity contribution in [3.63, 3.8) is 0 Å². The maximum Gasteiger partial charge on any atom is 0.265 e. The number of amides is 1. The number of carbonyl (C=O) groups excluding carboxylic acids is 1. The summed E-state index contributed by atoms with van der Waals surface area (Å²) in [4.78, 5) is 11.4. The van der Waals surface area contributed by atoms with Crippen LogP contribution in [0.5, 0.6) is 0 Å². The monoisotopic (exact) mass is 314 g/mol. The molecule has 21 heavy (non-hydrogen) atoms. The smallest absolute Gasteiger partial charge is 0.265 e. The third kappa shape index (κ3) is 3.28. The Bertz CT molecular complexity index is 621. The molecule has 0 saturated carbocycles. The molecule has 1 saturated heterocycles. The van der Waals surface area contributed by atoms with E-state index < -0.39 is 15.9 Å². The van der Waals surface area contributed by atoms with Crippen LogP contribution in [0, 0.1) is 5.92 Å². The van der Waals surface area contributed by atoms with Gasteiger partial charge in [0.2, 0.25) is 10.0 Å². The molecule has 7 nitrogen and oxygen atoms in total. The van der Waals surface area contributed by atoms with Crippen molar-refractivity contribution < 1.29 is 13.2 Å². The van der Waals surface area contributed by atoms with Crippen LogP contribution < -0.4 is 11.1 Å². The fourth-order valence-electron chi connectivity index (χ4n) is 2.77. The summed E-state index contributed by atoms with van der Waals surface area (Å²) >= 11 is 0. The number of aromatic nitrogens is 1. The minimum absolute atomic E-state index is 0.129. The highest BCUT2D eigenvalue weighted by Crippen LogP contribution is 2.24. The first kappa shape index (κ1) is 16.0. The molecule has 118 valence electrons. The molecule has 1 unspecified atom stereocenters. The first-order valence-electron chi connectivity index (χ1n) is 6.97. The molecule has 1 aliphatic heterocycles. The van der Waals surface area contributed by atoms with E-state index in [1.54, 1.807) is 7.05 Å². The predicted molar refractivity (Wildman–Crippen MR) is 79.3 cm³/mol. The summed E-state index contributed by atoms with van der Waals surface area (Å²) in [6, 6.07) is 1.35. The summed E-state index contributed by atoms with van der Waals surface area (Å²) in [5.41, 5.74) is 5.43. The SMILES string of the molecule is CNCC1CCCN(S(=O)(=O)c2cc(C(N)=O)n(C)c2)C1. The molecular weight excluding hydrogens is 292 g/mol. The maximum absolute atomic E-state index is 12.7. The molecule has 8 heteroatoms. The highest BCUT2D eigenvalue weighted by atomic mass is 32.2. The average molecular weight is 314 g/mol. The number of hydrogen-bond donors (Lipinski definition) is 2. The third-order valence-electron chi connectivity index (χ3n) is 3.84. The van der Waals surface area contributed by atoms with Gasteiger partial charge in [-0.1, -0.05) is 0 Å². The topological polar surface area (TPSA) is 97.4 Å². The minimum atomic E-state index is -3.57. The summed E-state index contributed by atoms with van der Waals surface area (Å²) in [7, 11) is -0.0964. The first-order chi connectivity index (χ1) is 9.86. The second kappa shape index (κ2) is 6.17. The molecule has 0 spiro atoms. The number of carbonyl (C=O) groups is 1. The molecule has 3 N–H and O–H groups in total. The van der Waals surface area contributed by atoms with Gasteiger partial charge in [0, 0.05) is 26.3 Å². The fraction of sp³-hybridized carbons (Fsp3) is 0.615. The molecule has 2 heterocycles. The van der Waals surface area contributed by atoms with Gasteiger partial charge in [-0.2, -0.15) is 4.31 Å². The van der Waals surface area contributed by atoms with Crippen LogP contribution in [0.1, 0.15) is 23.3 Å². The summed E-state index contributed by atoms with van der Waals surface area (Å²) in [5, 5.41) is 3.09. The summed E-state index contributed by atoms with van der Waals surface area (Å²) < 4.78 is 28.3. The van der Waals surface area contributed by atoms with Crippen LogP contribution >= 0.6 is 0 Å². The van der Waals surface area contributed by atoms with E-state index >= 15 is 0 Å². The van der Waals surface area contributed by atoms with Crippen LogP contribution in [0.3, 0.4) is 0 Å². The lowest BCUT2D eigenvalue weighted by molar-refractivity contribution is 0.0992. The van der Waals surface area contributed by atoms with Crippen molar-refractivity contribution in [1.29, 1.82) is 0 Å². The van der Waals surface area contributed by atoms with Gasteiger partial charge in [0.05, 0.1) is 0 Å². The van der Waals surface area contributed by atoms with Crippen LogP contribution in [0.4, 0.5) is 0 Å². The molecule has 0 aliphatic carbocycles.